The molecule has 4 rings (SSSR count). The van der Waals surface area contributed by atoms with Gasteiger partial charge in [0.2, 0.25) is 10.2 Å². The number of amides is 1. The number of benzene rings is 2. The Balaban J connectivity index is 1.36. The van der Waals surface area contributed by atoms with E-state index in [0.29, 0.717) is 32.3 Å². The maximum absolute atomic E-state index is 12.9. The molecule has 158 valence electrons. The number of nitrogen functional groups attached to an aromatic ring is 1. The number of nitrogens with zero attached hydrogens (tertiary/aromatic N) is 5. The molecule has 12 heteroatoms. The minimum Gasteiger partial charge on any atom is -0.346 e. The number of carbonyl (C=O) groups is 1. The highest BCUT2D eigenvalue weighted by atomic mass is 35.5. The molecule has 2 aromatic carbocycles. The van der Waals surface area contributed by atoms with Crippen molar-refractivity contribution in [2.75, 3.05) is 5.84 Å². The fourth-order valence-electron chi connectivity index (χ4n) is 2.59. The standard InChI is InChI=1S/C19H15ClFN7OS2/c20-14-4-2-1-3-13(14)16-25-27-19(28(16)22)30-10-15-24-26-18(31-15)17(29)23-9-11-5-7-12(21)8-6-11/h1-8H,9-10,22H2,(H,23,29). The van der Waals surface area contributed by atoms with E-state index in [-0.39, 0.29) is 23.3 Å². The van der Waals surface area contributed by atoms with Gasteiger partial charge in [-0.2, -0.15) is 0 Å². The molecule has 3 N–H and O–H groups in total. The summed E-state index contributed by atoms with van der Waals surface area (Å²) in [6, 6.07) is 13.1. The van der Waals surface area contributed by atoms with E-state index in [2.05, 4.69) is 25.7 Å². The lowest BCUT2D eigenvalue weighted by Crippen LogP contribution is -2.22. The minimum atomic E-state index is -0.346. The monoisotopic (exact) mass is 475 g/mol. The molecule has 31 heavy (non-hydrogen) atoms. The van der Waals surface area contributed by atoms with Gasteiger partial charge in [-0.3, -0.25) is 4.79 Å². The number of hydrogen-bond acceptors (Lipinski definition) is 8. The average Bonchev–Trinajstić information content (AvgIpc) is 3.39. The van der Waals surface area contributed by atoms with Crippen molar-refractivity contribution in [1.29, 1.82) is 0 Å². The number of halogens is 2. The van der Waals surface area contributed by atoms with E-state index in [4.69, 9.17) is 17.4 Å². The molecular formula is C19H15ClFN7OS2. The van der Waals surface area contributed by atoms with Crippen LogP contribution in [0.15, 0.2) is 53.7 Å². The third-order valence-electron chi connectivity index (χ3n) is 4.13. The molecule has 0 bridgehead atoms. The van der Waals surface area contributed by atoms with Crippen molar-refractivity contribution < 1.29 is 9.18 Å². The van der Waals surface area contributed by atoms with Crippen molar-refractivity contribution in [1.82, 2.24) is 30.4 Å². The van der Waals surface area contributed by atoms with Gasteiger partial charge in [0.25, 0.3) is 5.91 Å². The number of rotatable bonds is 7. The molecule has 0 aliphatic carbocycles. The van der Waals surface area contributed by atoms with E-state index < -0.39 is 0 Å². The van der Waals surface area contributed by atoms with E-state index in [1.807, 2.05) is 18.2 Å². The van der Waals surface area contributed by atoms with Crippen molar-refractivity contribution >= 4 is 40.6 Å². The van der Waals surface area contributed by atoms with E-state index in [0.717, 1.165) is 5.56 Å². The van der Waals surface area contributed by atoms with Crippen LogP contribution in [0.2, 0.25) is 5.02 Å². The van der Waals surface area contributed by atoms with Crippen LogP contribution in [0.5, 0.6) is 0 Å². The van der Waals surface area contributed by atoms with Gasteiger partial charge in [-0.1, -0.05) is 59.0 Å². The molecule has 0 aliphatic rings. The van der Waals surface area contributed by atoms with Crippen LogP contribution in [-0.2, 0) is 12.3 Å². The molecule has 8 nitrogen and oxygen atoms in total. The summed E-state index contributed by atoms with van der Waals surface area (Å²) >= 11 is 8.70. The fraction of sp³-hybridized carbons (Fsp3) is 0.105. The lowest BCUT2D eigenvalue weighted by Gasteiger charge is -2.04. The van der Waals surface area contributed by atoms with E-state index >= 15 is 0 Å². The predicted molar refractivity (Wildman–Crippen MR) is 118 cm³/mol. The Bertz CT molecular complexity index is 1210. The van der Waals surface area contributed by atoms with E-state index in [1.54, 1.807) is 18.2 Å². The van der Waals surface area contributed by atoms with Crippen LogP contribution in [0.25, 0.3) is 11.4 Å². The van der Waals surface area contributed by atoms with Gasteiger partial charge in [-0.05, 0) is 29.8 Å². The summed E-state index contributed by atoms with van der Waals surface area (Å²) < 4.78 is 14.3. The number of nitrogens with one attached hydrogen (secondary N) is 1. The van der Waals surface area contributed by atoms with Crippen molar-refractivity contribution in [3.63, 3.8) is 0 Å². The smallest absolute Gasteiger partial charge is 0.282 e. The highest BCUT2D eigenvalue weighted by Crippen LogP contribution is 2.29. The summed E-state index contributed by atoms with van der Waals surface area (Å²) in [4.78, 5) is 12.3. The summed E-state index contributed by atoms with van der Waals surface area (Å²) in [5.74, 6) is 6.31. The third-order valence-corrected chi connectivity index (χ3v) is 6.52. The SMILES string of the molecule is Nn1c(SCc2nnc(C(=O)NCc3ccc(F)cc3)s2)nnc1-c1ccccc1Cl. The first-order valence-electron chi connectivity index (χ1n) is 8.94. The predicted octanol–water partition coefficient (Wildman–Crippen LogP) is 3.53. The second-order valence-electron chi connectivity index (χ2n) is 6.25. The van der Waals surface area contributed by atoms with E-state index in [9.17, 15) is 9.18 Å². The number of carbonyl (C=O) groups excluding carboxylic acids is 1. The summed E-state index contributed by atoms with van der Waals surface area (Å²) in [5, 5.41) is 20.8. The van der Waals surface area contributed by atoms with E-state index in [1.165, 1.54) is 39.9 Å². The number of thioether (sulfide) groups is 1. The largest absolute Gasteiger partial charge is 0.346 e. The van der Waals surface area contributed by atoms with Crippen LogP contribution >= 0.6 is 34.7 Å². The van der Waals surface area contributed by atoms with Gasteiger partial charge in [-0.25, -0.2) is 9.07 Å². The highest BCUT2D eigenvalue weighted by molar-refractivity contribution is 7.98. The summed E-state index contributed by atoms with van der Waals surface area (Å²) in [5.41, 5.74) is 1.47. The van der Waals surface area contributed by atoms with Crippen LogP contribution in [0.4, 0.5) is 4.39 Å². The van der Waals surface area contributed by atoms with Crippen LogP contribution < -0.4 is 11.2 Å². The van der Waals surface area contributed by atoms with Gasteiger partial charge in [0.15, 0.2) is 5.82 Å². The van der Waals surface area contributed by atoms with Crippen LogP contribution in [0, 0.1) is 5.82 Å². The molecule has 0 radical (unpaired) electrons. The van der Waals surface area contributed by atoms with Crippen molar-refractivity contribution in [2.24, 2.45) is 0 Å². The Morgan fingerprint density at radius 1 is 1.13 bits per heavy atom. The first-order valence-corrected chi connectivity index (χ1v) is 11.1. The molecule has 4 aromatic rings. The molecular weight excluding hydrogens is 461 g/mol. The second kappa shape index (κ2) is 9.41. The molecule has 2 heterocycles. The molecule has 1 amide bonds. The summed E-state index contributed by atoms with van der Waals surface area (Å²) in [6.07, 6.45) is 0. The zero-order valence-electron chi connectivity index (χ0n) is 15.8. The first-order chi connectivity index (χ1) is 15.0. The Morgan fingerprint density at radius 2 is 1.90 bits per heavy atom. The van der Waals surface area contributed by atoms with Gasteiger partial charge in [0.05, 0.1) is 10.8 Å². The zero-order valence-corrected chi connectivity index (χ0v) is 18.2. The zero-order chi connectivity index (χ0) is 21.8. The van der Waals surface area contributed by atoms with Crippen molar-refractivity contribution in [3.8, 4) is 11.4 Å². The molecule has 0 unspecified atom stereocenters. The van der Waals surface area contributed by atoms with Gasteiger partial charge in [-0.15, -0.1) is 20.4 Å². The maximum Gasteiger partial charge on any atom is 0.282 e. The third kappa shape index (κ3) is 5.01. The highest BCUT2D eigenvalue weighted by Gasteiger charge is 2.17. The second-order valence-corrected chi connectivity index (χ2v) is 8.67. The van der Waals surface area contributed by atoms with Crippen molar-refractivity contribution in [3.05, 3.63) is 74.9 Å². The fourth-order valence-corrected chi connectivity index (χ4v) is 4.41. The Hall–Kier alpha value is -3.02. The molecule has 0 atom stereocenters. The number of aromatic nitrogens is 5. The normalized spacial score (nSPS) is 10.9. The summed E-state index contributed by atoms with van der Waals surface area (Å²) in [7, 11) is 0. The molecule has 0 fully saturated rings. The van der Waals surface area contributed by atoms with Crippen molar-refractivity contribution in [2.45, 2.75) is 17.5 Å². The Kier molecular flexibility index (Phi) is 6.44. The molecule has 0 spiro atoms. The maximum atomic E-state index is 12.9. The quantitative estimate of drug-likeness (QED) is 0.310. The Morgan fingerprint density at radius 3 is 2.68 bits per heavy atom. The lowest BCUT2D eigenvalue weighted by molar-refractivity contribution is 0.0950. The Labute approximate surface area is 189 Å². The lowest BCUT2D eigenvalue weighted by atomic mass is 10.2. The molecule has 0 saturated carbocycles. The molecule has 0 saturated heterocycles. The van der Waals surface area contributed by atoms with Gasteiger partial charge in [0.1, 0.15) is 10.8 Å². The first kappa shape index (κ1) is 21.2. The molecule has 2 aromatic heterocycles. The van der Waals surface area contributed by atoms with Gasteiger partial charge < -0.3 is 11.2 Å². The minimum absolute atomic E-state index is 0.240. The summed E-state index contributed by atoms with van der Waals surface area (Å²) in [6.45, 7) is 0.268. The molecule has 0 aliphatic heterocycles. The van der Waals surface area contributed by atoms with Gasteiger partial charge >= 0.3 is 0 Å². The average molecular weight is 476 g/mol. The number of hydrogen-bond donors (Lipinski definition) is 2. The van der Waals surface area contributed by atoms with Crippen LogP contribution in [0.1, 0.15) is 20.4 Å². The van der Waals surface area contributed by atoms with Crippen LogP contribution in [0.3, 0.4) is 0 Å². The van der Waals surface area contributed by atoms with Crippen LogP contribution in [-0.4, -0.2) is 31.0 Å². The van der Waals surface area contributed by atoms with Gasteiger partial charge in [0, 0.05) is 12.1 Å². The number of nitrogens with two attached hydrogens (primary N) is 1. The topological polar surface area (TPSA) is 112 Å².